The number of rotatable bonds is 11. The first-order chi connectivity index (χ1) is 10.0. The van der Waals surface area contributed by atoms with E-state index < -0.39 is 0 Å². The summed E-state index contributed by atoms with van der Waals surface area (Å²) >= 11 is 0. The van der Waals surface area contributed by atoms with E-state index in [1.165, 1.54) is 64.2 Å². The van der Waals surface area contributed by atoms with Crippen LogP contribution in [-0.2, 0) is 0 Å². The summed E-state index contributed by atoms with van der Waals surface area (Å²) in [5.74, 6) is 0.995. The fourth-order valence-electron chi connectivity index (χ4n) is 3.56. The van der Waals surface area contributed by atoms with Gasteiger partial charge in [0.05, 0.1) is 0 Å². The Morgan fingerprint density at radius 1 is 1.00 bits per heavy atom. The Morgan fingerprint density at radius 3 is 2.00 bits per heavy atom. The predicted molar refractivity (Wildman–Crippen MR) is 92.6 cm³/mol. The normalized spacial score (nSPS) is 18.3. The van der Waals surface area contributed by atoms with Crippen molar-refractivity contribution in [2.75, 3.05) is 13.1 Å². The maximum absolute atomic E-state index is 7.53. The largest absolute Gasteiger partial charge is 0.370 e. The van der Waals surface area contributed by atoms with Crippen molar-refractivity contribution in [3.63, 3.8) is 0 Å². The van der Waals surface area contributed by atoms with E-state index in [-0.39, 0.29) is 5.96 Å². The molecular weight excluding hydrogens is 258 g/mol. The second-order valence-corrected chi connectivity index (χ2v) is 7.26. The zero-order valence-corrected chi connectivity index (χ0v) is 14.6. The molecule has 0 aromatic heterocycles. The Kier molecular flexibility index (Phi) is 8.13. The van der Waals surface area contributed by atoms with Crippen molar-refractivity contribution in [1.29, 1.82) is 5.41 Å². The van der Waals surface area contributed by atoms with E-state index in [0.29, 0.717) is 5.41 Å². The maximum Gasteiger partial charge on any atom is 0.188 e. The lowest BCUT2D eigenvalue weighted by Gasteiger charge is -2.50. The van der Waals surface area contributed by atoms with Crippen molar-refractivity contribution in [2.45, 2.75) is 85.0 Å². The Morgan fingerprint density at radius 2 is 1.48 bits per heavy atom. The second-order valence-electron chi connectivity index (χ2n) is 7.26. The van der Waals surface area contributed by atoms with Crippen molar-refractivity contribution in [3.05, 3.63) is 0 Å². The van der Waals surface area contributed by atoms with Gasteiger partial charge in [-0.2, -0.15) is 0 Å². The third-order valence-electron chi connectivity index (χ3n) is 5.41. The molecule has 3 N–H and O–H groups in total. The van der Waals surface area contributed by atoms with Crippen LogP contribution < -0.4 is 5.73 Å². The zero-order valence-electron chi connectivity index (χ0n) is 14.6. The molecule has 0 aliphatic carbocycles. The number of nitrogens with zero attached hydrogens (tertiary/aromatic N) is 1. The summed E-state index contributed by atoms with van der Waals surface area (Å²) in [7, 11) is 0. The van der Waals surface area contributed by atoms with Crippen molar-refractivity contribution in [1.82, 2.24) is 4.90 Å². The summed E-state index contributed by atoms with van der Waals surface area (Å²) in [5, 5.41) is 7.53. The zero-order chi connectivity index (χ0) is 15.7. The standard InChI is InChI=1S/C18H37N3/c1-4-6-8-9-11-13-18(3,12-10-7-5-2)16-14-21(15-16)17(19)20/h16H,4-15H2,1-3H3,(H3,19,20). The summed E-state index contributed by atoms with van der Waals surface area (Å²) in [4.78, 5) is 2.01. The van der Waals surface area contributed by atoms with Crippen LogP contribution in [0.5, 0.6) is 0 Å². The van der Waals surface area contributed by atoms with E-state index >= 15 is 0 Å². The molecule has 1 aliphatic rings. The highest BCUT2D eigenvalue weighted by Gasteiger charge is 2.41. The van der Waals surface area contributed by atoms with E-state index in [2.05, 4.69) is 20.8 Å². The number of nitrogens with two attached hydrogens (primary N) is 1. The van der Waals surface area contributed by atoms with E-state index in [0.717, 1.165) is 19.0 Å². The van der Waals surface area contributed by atoms with Gasteiger partial charge in [0.25, 0.3) is 0 Å². The van der Waals surface area contributed by atoms with Crippen LogP contribution in [0.4, 0.5) is 0 Å². The lowest BCUT2D eigenvalue weighted by molar-refractivity contribution is 0.0326. The molecule has 3 nitrogen and oxygen atoms in total. The van der Waals surface area contributed by atoms with E-state index in [4.69, 9.17) is 11.1 Å². The number of hydrogen-bond acceptors (Lipinski definition) is 1. The molecule has 0 spiro atoms. The summed E-state index contributed by atoms with van der Waals surface area (Å²) in [5.41, 5.74) is 6.05. The van der Waals surface area contributed by atoms with Gasteiger partial charge in [-0.05, 0) is 24.2 Å². The first kappa shape index (κ1) is 18.3. The minimum atomic E-state index is 0.255. The van der Waals surface area contributed by atoms with E-state index in [9.17, 15) is 0 Å². The van der Waals surface area contributed by atoms with Crippen LogP contribution in [0.1, 0.15) is 85.0 Å². The molecule has 0 aromatic carbocycles. The van der Waals surface area contributed by atoms with Gasteiger partial charge < -0.3 is 10.6 Å². The molecule has 1 heterocycles. The molecule has 1 unspecified atom stereocenters. The molecule has 1 fully saturated rings. The average Bonchev–Trinajstić information content (AvgIpc) is 2.36. The summed E-state index contributed by atoms with van der Waals surface area (Å²) in [6.45, 7) is 9.06. The van der Waals surface area contributed by atoms with Crippen molar-refractivity contribution >= 4 is 5.96 Å². The van der Waals surface area contributed by atoms with Crippen molar-refractivity contribution in [2.24, 2.45) is 17.1 Å². The summed E-state index contributed by atoms with van der Waals surface area (Å²) in [6.07, 6.45) is 13.6. The summed E-state index contributed by atoms with van der Waals surface area (Å²) < 4.78 is 0. The van der Waals surface area contributed by atoms with Gasteiger partial charge in [-0.15, -0.1) is 0 Å². The molecule has 0 radical (unpaired) electrons. The van der Waals surface area contributed by atoms with E-state index in [1.807, 2.05) is 4.90 Å². The van der Waals surface area contributed by atoms with Crippen LogP contribution in [0, 0.1) is 16.7 Å². The molecule has 1 atom stereocenters. The molecule has 1 aliphatic heterocycles. The highest BCUT2D eigenvalue weighted by atomic mass is 15.3. The van der Waals surface area contributed by atoms with Gasteiger partial charge in [-0.25, -0.2) is 0 Å². The number of guanidine groups is 1. The monoisotopic (exact) mass is 295 g/mol. The van der Waals surface area contributed by atoms with Crippen LogP contribution >= 0.6 is 0 Å². The lowest BCUT2D eigenvalue weighted by Crippen LogP contribution is -2.57. The predicted octanol–water partition coefficient (Wildman–Crippen LogP) is 4.76. The highest BCUT2D eigenvalue weighted by Crippen LogP contribution is 2.43. The first-order valence-electron chi connectivity index (χ1n) is 9.12. The maximum atomic E-state index is 7.53. The smallest absolute Gasteiger partial charge is 0.188 e. The van der Waals surface area contributed by atoms with Crippen LogP contribution in [0.2, 0.25) is 0 Å². The number of hydrogen-bond donors (Lipinski definition) is 2. The second kappa shape index (κ2) is 9.32. The Hall–Kier alpha value is -0.730. The molecule has 1 saturated heterocycles. The number of nitrogens with one attached hydrogen (secondary N) is 1. The molecule has 21 heavy (non-hydrogen) atoms. The van der Waals surface area contributed by atoms with Crippen LogP contribution in [0.25, 0.3) is 0 Å². The number of unbranched alkanes of at least 4 members (excludes halogenated alkanes) is 6. The molecular formula is C18H37N3. The summed E-state index contributed by atoms with van der Waals surface area (Å²) in [6, 6.07) is 0. The minimum absolute atomic E-state index is 0.255. The van der Waals surface area contributed by atoms with Crippen molar-refractivity contribution < 1.29 is 0 Å². The van der Waals surface area contributed by atoms with Gasteiger partial charge in [0.1, 0.15) is 0 Å². The third-order valence-corrected chi connectivity index (χ3v) is 5.41. The third kappa shape index (κ3) is 5.88. The quantitative estimate of drug-likeness (QED) is 0.328. The molecule has 0 amide bonds. The van der Waals surface area contributed by atoms with Crippen LogP contribution in [0.15, 0.2) is 0 Å². The van der Waals surface area contributed by atoms with Crippen molar-refractivity contribution in [3.8, 4) is 0 Å². The Balaban J connectivity index is 2.40. The van der Waals surface area contributed by atoms with Gasteiger partial charge in [-0.1, -0.05) is 72.1 Å². The topological polar surface area (TPSA) is 53.1 Å². The Labute approximate surface area is 132 Å². The molecule has 0 aromatic rings. The molecule has 0 saturated carbocycles. The van der Waals surface area contributed by atoms with Crippen LogP contribution in [-0.4, -0.2) is 23.9 Å². The highest BCUT2D eigenvalue weighted by molar-refractivity contribution is 5.75. The number of likely N-dealkylation sites (tertiary alicyclic amines) is 1. The average molecular weight is 296 g/mol. The van der Waals surface area contributed by atoms with Gasteiger partial charge in [0, 0.05) is 13.1 Å². The SMILES string of the molecule is CCCCCCCC(C)(CCCCC)C1CN(C(=N)N)C1. The molecule has 1 rings (SSSR count). The van der Waals surface area contributed by atoms with Gasteiger partial charge in [-0.3, -0.25) is 5.41 Å². The fourth-order valence-corrected chi connectivity index (χ4v) is 3.56. The molecule has 0 bridgehead atoms. The minimum Gasteiger partial charge on any atom is -0.370 e. The lowest BCUT2D eigenvalue weighted by atomic mass is 9.67. The fraction of sp³-hybridized carbons (Fsp3) is 0.944. The Bertz CT molecular complexity index is 297. The van der Waals surface area contributed by atoms with Gasteiger partial charge in [0.2, 0.25) is 0 Å². The first-order valence-corrected chi connectivity index (χ1v) is 9.12. The van der Waals surface area contributed by atoms with Gasteiger partial charge in [0.15, 0.2) is 5.96 Å². The van der Waals surface area contributed by atoms with Crippen LogP contribution in [0.3, 0.4) is 0 Å². The molecule has 3 heteroatoms. The van der Waals surface area contributed by atoms with Gasteiger partial charge >= 0.3 is 0 Å². The van der Waals surface area contributed by atoms with E-state index in [1.54, 1.807) is 0 Å². The molecule has 124 valence electrons.